The molecule has 0 aliphatic carbocycles. The zero-order chi connectivity index (χ0) is 16.1. The first-order valence-electron chi connectivity index (χ1n) is 7.14. The summed E-state index contributed by atoms with van der Waals surface area (Å²) in [5, 5.41) is 3.66. The van der Waals surface area contributed by atoms with Gasteiger partial charge in [-0.2, -0.15) is 0 Å². The van der Waals surface area contributed by atoms with Gasteiger partial charge in [0.15, 0.2) is 6.61 Å². The Hall–Kier alpha value is -1.46. The molecule has 7 heteroatoms. The maximum Gasteiger partial charge on any atom is 0.258 e. The molecule has 1 fully saturated rings. The van der Waals surface area contributed by atoms with Crippen LogP contribution in [0.2, 0.25) is 10.0 Å². The number of benzene rings is 1. The van der Waals surface area contributed by atoms with Gasteiger partial charge in [0, 0.05) is 24.5 Å². The van der Waals surface area contributed by atoms with Crippen molar-refractivity contribution in [3.05, 3.63) is 28.2 Å². The van der Waals surface area contributed by atoms with Gasteiger partial charge in [-0.05, 0) is 24.6 Å². The zero-order valence-corrected chi connectivity index (χ0v) is 13.8. The highest BCUT2D eigenvalue weighted by atomic mass is 35.5. The van der Waals surface area contributed by atoms with Gasteiger partial charge in [0.05, 0.1) is 11.1 Å². The molecule has 2 rings (SSSR count). The first-order chi connectivity index (χ1) is 10.5. The minimum Gasteiger partial charge on any atom is -0.482 e. The van der Waals surface area contributed by atoms with Gasteiger partial charge in [0.2, 0.25) is 5.91 Å². The monoisotopic (exact) mass is 344 g/mol. The van der Waals surface area contributed by atoms with Crippen molar-refractivity contribution in [3.63, 3.8) is 0 Å². The number of hydrogen-bond donors (Lipinski definition) is 1. The second-order valence-corrected chi connectivity index (χ2v) is 6.02. The fourth-order valence-electron chi connectivity index (χ4n) is 2.36. The summed E-state index contributed by atoms with van der Waals surface area (Å²) >= 11 is 11.8. The molecule has 1 heterocycles. The van der Waals surface area contributed by atoms with Gasteiger partial charge < -0.3 is 15.0 Å². The van der Waals surface area contributed by atoms with Crippen molar-refractivity contribution in [2.45, 2.75) is 25.8 Å². The summed E-state index contributed by atoms with van der Waals surface area (Å²) in [6.07, 6.45) is 1.25. The van der Waals surface area contributed by atoms with E-state index < -0.39 is 0 Å². The highest BCUT2D eigenvalue weighted by Crippen LogP contribution is 2.27. The number of halogens is 2. The lowest BCUT2D eigenvalue weighted by molar-refractivity contribution is -0.127. The Labute approximate surface area is 139 Å². The highest BCUT2D eigenvalue weighted by Gasteiger charge is 2.29. The number of carbonyl (C=O) groups is 2. The Bertz CT molecular complexity index is 566. The van der Waals surface area contributed by atoms with Gasteiger partial charge in [-0.25, -0.2) is 0 Å². The maximum absolute atomic E-state index is 11.9. The Balaban J connectivity index is 1.80. The molecule has 2 amide bonds. The predicted octanol–water partition coefficient (Wildman–Crippen LogP) is 2.50. The van der Waals surface area contributed by atoms with E-state index in [1.54, 1.807) is 23.1 Å². The minimum absolute atomic E-state index is 0.0776. The van der Waals surface area contributed by atoms with Crippen molar-refractivity contribution in [2.75, 3.05) is 19.7 Å². The van der Waals surface area contributed by atoms with Crippen LogP contribution in [-0.2, 0) is 9.59 Å². The van der Waals surface area contributed by atoms with Crippen molar-refractivity contribution in [3.8, 4) is 5.75 Å². The molecule has 0 bridgehead atoms. The summed E-state index contributed by atoms with van der Waals surface area (Å²) in [7, 11) is 0. The van der Waals surface area contributed by atoms with Crippen molar-refractivity contribution in [2.24, 2.45) is 0 Å². The number of rotatable bonds is 6. The standard InChI is InChI=1S/C15H18Cl2N2O3/c1-2-5-19-8-11(7-15(19)21)18-14(20)9-22-13-4-3-10(16)6-12(13)17/h3-4,6,11H,2,5,7-9H2,1H3,(H,18,20)/t11-/m1/s1. The molecule has 5 nitrogen and oxygen atoms in total. The van der Waals surface area contributed by atoms with Crippen LogP contribution in [0.4, 0.5) is 0 Å². The molecule has 22 heavy (non-hydrogen) atoms. The number of nitrogens with zero attached hydrogens (tertiary/aromatic N) is 1. The Kier molecular flexibility index (Phi) is 5.91. The summed E-state index contributed by atoms with van der Waals surface area (Å²) in [5.74, 6) is 0.201. The van der Waals surface area contributed by atoms with E-state index in [9.17, 15) is 9.59 Å². The summed E-state index contributed by atoms with van der Waals surface area (Å²) in [6, 6.07) is 4.64. The molecular weight excluding hydrogens is 327 g/mol. The minimum atomic E-state index is -0.276. The van der Waals surface area contributed by atoms with Crippen LogP contribution in [0.3, 0.4) is 0 Å². The van der Waals surface area contributed by atoms with Crippen molar-refractivity contribution >= 4 is 35.0 Å². The van der Waals surface area contributed by atoms with Crippen molar-refractivity contribution in [1.82, 2.24) is 10.2 Å². The number of amides is 2. The fourth-order valence-corrected chi connectivity index (χ4v) is 2.82. The quantitative estimate of drug-likeness (QED) is 0.862. The number of nitrogens with one attached hydrogen (secondary N) is 1. The Morgan fingerprint density at radius 1 is 1.45 bits per heavy atom. The van der Waals surface area contributed by atoms with Gasteiger partial charge >= 0.3 is 0 Å². The van der Waals surface area contributed by atoms with Crippen LogP contribution >= 0.6 is 23.2 Å². The molecule has 1 saturated heterocycles. The maximum atomic E-state index is 11.9. The second-order valence-electron chi connectivity index (χ2n) is 5.17. The molecule has 0 unspecified atom stereocenters. The van der Waals surface area contributed by atoms with Crippen molar-refractivity contribution < 1.29 is 14.3 Å². The van der Waals surface area contributed by atoms with E-state index in [0.29, 0.717) is 28.8 Å². The van der Waals surface area contributed by atoms with Gasteiger partial charge in [-0.15, -0.1) is 0 Å². The number of ether oxygens (including phenoxy) is 1. The van der Waals surface area contributed by atoms with E-state index in [-0.39, 0.29) is 24.5 Å². The highest BCUT2D eigenvalue weighted by molar-refractivity contribution is 6.35. The molecule has 0 aromatic heterocycles. The van der Waals surface area contributed by atoms with Gasteiger partial charge in [0.1, 0.15) is 5.75 Å². The van der Waals surface area contributed by atoms with E-state index in [0.717, 1.165) is 13.0 Å². The van der Waals surface area contributed by atoms with Gasteiger partial charge in [0.25, 0.3) is 5.91 Å². The second kappa shape index (κ2) is 7.70. The van der Waals surface area contributed by atoms with Crippen LogP contribution in [0.25, 0.3) is 0 Å². The molecule has 0 radical (unpaired) electrons. The van der Waals surface area contributed by atoms with Crippen LogP contribution in [0, 0.1) is 0 Å². The first-order valence-corrected chi connectivity index (χ1v) is 7.90. The average Bonchev–Trinajstić information content (AvgIpc) is 2.78. The fraction of sp³-hybridized carbons (Fsp3) is 0.467. The third-order valence-electron chi connectivity index (χ3n) is 3.33. The number of hydrogen-bond acceptors (Lipinski definition) is 3. The van der Waals surface area contributed by atoms with Crippen LogP contribution in [0.5, 0.6) is 5.75 Å². The van der Waals surface area contributed by atoms with E-state index in [4.69, 9.17) is 27.9 Å². The molecule has 0 saturated carbocycles. The lowest BCUT2D eigenvalue weighted by Crippen LogP contribution is -2.39. The predicted molar refractivity (Wildman–Crippen MR) is 85.4 cm³/mol. The SMILES string of the molecule is CCCN1C[C@H](NC(=O)COc2ccc(Cl)cc2Cl)CC1=O. The van der Waals surface area contributed by atoms with Crippen LogP contribution < -0.4 is 10.1 Å². The van der Waals surface area contributed by atoms with Gasteiger partial charge in [-0.1, -0.05) is 30.1 Å². The average molecular weight is 345 g/mol. The topological polar surface area (TPSA) is 58.6 Å². The molecule has 1 aromatic rings. The van der Waals surface area contributed by atoms with Crippen LogP contribution in [-0.4, -0.2) is 42.5 Å². The molecule has 0 spiro atoms. The number of carbonyl (C=O) groups excluding carboxylic acids is 2. The molecule has 1 aliphatic rings. The lowest BCUT2D eigenvalue weighted by atomic mass is 10.2. The largest absolute Gasteiger partial charge is 0.482 e. The van der Waals surface area contributed by atoms with Crippen LogP contribution in [0.1, 0.15) is 19.8 Å². The summed E-state index contributed by atoms with van der Waals surface area (Å²) in [4.78, 5) is 25.4. The van der Waals surface area contributed by atoms with Gasteiger partial charge in [-0.3, -0.25) is 9.59 Å². The molecular formula is C15H18Cl2N2O3. The third-order valence-corrected chi connectivity index (χ3v) is 3.86. The lowest BCUT2D eigenvalue weighted by Gasteiger charge is -2.16. The number of likely N-dealkylation sites (tertiary alicyclic amines) is 1. The Morgan fingerprint density at radius 3 is 2.91 bits per heavy atom. The van der Waals surface area contributed by atoms with E-state index in [1.807, 2.05) is 6.92 Å². The zero-order valence-electron chi connectivity index (χ0n) is 12.3. The summed E-state index contributed by atoms with van der Waals surface area (Å²) in [6.45, 7) is 3.14. The molecule has 1 aromatic carbocycles. The first kappa shape index (κ1) is 16.9. The summed E-state index contributed by atoms with van der Waals surface area (Å²) in [5.41, 5.74) is 0. The van der Waals surface area contributed by atoms with Crippen molar-refractivity contribution in [1.29, 1.82) is 0 Å². The molecule has 1 aliphatic heterocycles. The van der Waals surface area contributed by atoms with E-state index >= 15 is 0 Å². The van der Waals surface area contributed by atoms with E-state index in [1.165, 1.54) is 0 Å². The van der Waals surface area contributed by atoms with Crippen LogP contribution in [0.15, 0.2) is 18.2 Å². The molecule has 1 atom stereocenters. The molecule has 1 N–H and O–H groups in total. The third kappa shape index (κ3) is 4.52. The Morgan fingerprint density at radius 2 is 2.23 bits per heavy atom. The van der Waals surface area contributed by atoms with E-state index in [2.05, 4.69) is 5.32 Å². The summed E-state index contributed by atoms with van der Waals surface area (Å²) < 4.78 is 5.36. The normalized spacial score (nSPS) is 17.7. The molecule has 120 valence electrons. The smallest absolute Gasteiger partial charge is 0.258 e.